The van der Waals surface area contributed by atoms with Crippen molar-refractivity contribution >= 4 is 11.0 Å². The lowest BCUT2D eigenvalue weighted by Crippen LogP contribution is -2.11. The molecule has 1 atom stereocenters. The number of hydrogen-bond acceptors (Lipinski definition) is 3. The standard InChI is InChI=1S/C14H14FN3O/c1-8-10(7-17-18(8)2)13(16)12-6-9-4-3-5-11(15)14(9)19-12/h3-7,13H,16H2,1-2H3. The van der Waals surface area contributed by atoms with Crippen molar-refractivity contribution in [3.8, 4) is 0 Å². The maximum Gasteiger partial charge on any atom is 0.169 e. The van der Waals surface area contributed by atoms with Gasteiger partial charge < -0.3 is 10.2 Å². The van der Waals surface area contributed by atoms with E-state index in [1.807, 2.05) is 14.0 Å². The van der Waals surface area contributed by atoms with Gasteiger partial charge in [-0.2, -0.15) is 5.10 Å². The normalized spacial score (nSPS) is 13.1. The summed E-state index contributed by atoms with van der Waals surface area (Å²) in [5.41, 5.74) is 8.26. The molecule has 0 saturated heterocycles. The molecular weight excluding hydrogens is 245 g/mol. The van der Waals surface area contributed by atoms with E-state index in [2.05, 4.69) is 5.10 Å². The number of furan rings is 1. The zero-order chi connectivity index (χ0) is 13.6. The molecule has 0 bridgehead atoms. The lowest BCUT2D eigenvalue weighted by Gasteiger charge is -2.07. The summed E-state index contributed by atoms with van der Waals surface area (Å²) in [5, 5.41) is 4.87. The zero-order valence-electron chi connectivity index (χ0n) is 10.7. The second-order valence-corrected chi connectivity index (χ2v) is 4.59. The third-order valence-corrected chi connectivity index (χ3v) is 3.43. The van der Waals surface area contributed by atoms with Gasteiger partial charge in [0.2, 0.25) is 0 Å². The molecule has 2 aromatic heterocycles. The highest BCUT2D eigenvalue weighted by Crippen LogP contribution is 2.29. The Morgan fingerprint density at radius 1 is 1.42 bits per heavy atom. The first-order chi connectivity index (χ1) is 9.08. The van der Waals surface area contributed by atoms with Gasteiger partial charge in [-0.3, -0.25) is 4.68 Å². The minimum absolute atomic E-state index is 0.245. The summed E-state index contributed by atoms with van der Waals surface area (Å²) in [5.74, 6) is 0.162. The topological polar surface area (TPSA) is 57.0 Å². The molecule has 0 aliphatic rings. The molecule has 0 radical (unpaired) electrons. The van der Waals surface area contributed by atoms with Gasteiger partial charge in [0.25, 0.3) is 0 Å². The molecule has 2 N–H and O–H groups in total. The van der Waals surface area contributed by atoms with Crippen LogP contribution in [0, 0.1) is 12.7 Å². The third kappa shape index (κ3) is 1.82. The summed E-state index contributed by atoms with van der Waals surface area (Å²) in [6.45, 7) is 1.94. The molecule has 5 heteroatoms. The quantitative estimate of drug-likeness (QED) is 0.769. The number of nitrogens with two attached hydrogens (primary N) is 1. The average molecular weight is 259 g/mol. The van der Waals surface area contributed by atoms with Crippen LogP contribution >= 0.6 is 0 Å². The second-order valence-electron chi connectivity index (χ2n) is 4.59. The van der Waals surface area contributed by atoms with Crippen molar-refractivity contribution in [2.24, 2.45) is 12.8 Å². The SMILES string of the molecule is Cc1c(C(N)c2cc3cccc(F)c3o2)cnn1C. The smallest absolute Gasteiger partial charge is 0.169 e. The number of aromatic nitrogens is 2. The van der Waals surface area contributed by atoms with Crippen LogP contribution in [0.2, 0.25) is 0 Å². The van der Waals surface area contributed by atoms with Gasteiger partial charge in [-0.15, -0.1) is 0 Å². The van der Waals surface area contributed by atoms with Gasteiger partial charge >= 0.3 is 0 Å². The third-order valence-electron chi connectivity index (χ3n) is 3.43. The Kier molecular flexibility index (Phi) is 2.64. The summed E-state index contributed by atoms with van der Waals surface area (Å²) in [6, 6.07) is 6.15. The van der Waals surface area contributed by atoms with Crippen LogP contribution < -0.4 is 5.73 Å². The van der Waals surface area contributed by atoms with Crippen LogP contribution in [0.3, 0.4) is 0 Å². The number of nitrogens with zero attached hydrogens (tertiary/aromatic N) is 2. The van der Waals surface area contributed by atoms with E-state index < -0.39 is 6.04 Å². The number of hydrogen-bond donors (Lipinski definition) is 1. The largest absolute Gasteiger partial charge is 0.456 e. The maximum absolute atomic E-state index is 13.6. The lowest BCUT2D eigenvalue weighted by atomic mass is 10.1. The molecule has 2 heterocycles. The van der Waals surface area contributed by atoms with Crippen molar-refractivity contribution in [3.63, 3.8) is 0 Å². The molecular formula is C14H14FN3O. The van der Waals surface area contributed by atoms with Gasteiger partial charge in [-0.1, -0.05) is 12.1 Å². The molecule has 19 heavy (non-hydrogen) atoms. The van der Waals surface area contributed by atoms with E-state index in [4.69, 9.17) is 10.2 Å². The first-order valence-electron chi connectivity index (χ1n) is 6.00. The second kappa shape index (κ2) is 4.20. The monoisotopic (exact) mass is 259 g/mol. The summed E-state index contributed by atoms with van der Waals surface area (Å²) >= 11 is 0. The fourth-order valence-corrected chi connectivity index (χ4v) is 2.17. The lowest BCUT2D eigenvalue weighted by molar-refractivity contribution is 0.501. The van der Waals surface area contributed by atoms with Crippen molar-refractivity contribution in [1.82, 2.24) is 9.78 Å². The van der Waals surface area contributed by atoms with Crippen LogP contribution in [-0.4, -0.2) is 9.78 Å². The summed E-state index contributed by atoms with van der Waals surface area (Å²) in [6.07, 6.45) is 1.71. The highest BCUT2D eigenvalue weighted by atomic mass is 19.1. The molecule has 3 rings (SSSR count). The molecule has 1 aromatic carbocycles. The van der Waals surface area contributed by atoms with Crippen LogP contribution in [0.5, 0.6) is 0 Å². The van der Waals surface area contributed by atoms with Crippen molar-refractivity contribution in [3.05, 3.63) is 53.3 Å². The molecule has 3 aromatic rings. The molecule has 0 amide bonds. The Balaban J connectivity index is 2.09. The summed E-state index contributed by atoms with van der Waals surface area (Å²) < 4.78 is 20.9. The predicted molar refractivity (Wildman–Crippen MR) is 70.1 cm³/mol. The zero-order valence-corrected chi connectivity index (χ0v) is 10.7. The van der Waals surface area contributed by atoms with E-state index in [1.54, 1.807) is 29.1 Å². The number of para-hydroxylation sites is 1. The predicted octanol–water partition coefficient (Wildman–Crippen LogP) is 2.66. The molecule has 0 fully saturated rings. The highest BCUT2D eigenvalue weighted by molar-refractivity contribution is 5.78. The van der Waals surface area contributed by atoms with E-state index in [0.717, 1.165) is 11.3 Å². The molecule has 1 unspecified atom stereocenters. The van der Waals surface area contributed by atoms with Gasteiger partial charge in [0, 0.05) is 23.7 Å². The van der Waals surface area contributed by atoms with Crippen molar-refractivity contribution in [2.75, 3.05) is 0 Å². The van der Waals surface area contributed by atoms with Crippen LogP contribution in [0.25, 0.3) is 11.0 Å². The summed E-state index contributed by atoms with van der Waals surface area (Å²) in [7, 11) is 1.85. The Bertz CT molecular complexity index is 744. The highest BCUT2D eigenvalue weighted by Gasteiger charge is 2.19. The molecule has 0 aliphatic carbocycles. The van der Waals surface area contributed by atoms with Crippen molar-refractivity contribution in [1.29, 1.82) is 0 Å². The average Bonchev–Trinajstić information content (AvgIpc) is 2.95. The number of halogens is 1. The minimum atomic E-state index is -0.444. The van der Waals surface area contributed by atoms with Crippen LogP contribution in [0.1, 0.15) is 23.1 Å². The Morgan fingerprint density at radius 3 is 2.84 bits per heavy atom. The van der Waals surface area contributed by atoms with Gasteiger partial charge in [-0.25, -0.2) is 4.39 Å². The van der Waals surface area contributed by atoms with Crippen LogP contribution in [-0.2, 0) is 7.05 Å². The van der Waals surface area contributed by atoms with Gasteiger partial charge in [0.1, 0.15) is 5.76 Å². The summed E-state index contributed by atoms with van der Waals surface area (Å²) in [4.78, 5) is 0. The van der Waals surface area contributed by atoms with Gasteiger partial charge in [0.15, 0.2) is 11.4 Å². The number of benzene rings is 1. The molecule has 0 aliphatic heterocycles. The van der Waals surface area contributed by atoms with Crippen LogP contribution in [0.4, 0.5) is 4.39 Å². The van der Waals surface area contributed by atoms with E-state index in [0.29, 0.717) is 11.1 Å². The van der Waals surface area contributed by atoms with E-state index in [1.165, 1.54) is 6.07 Å². The van der Waals surface area contributed by atoms with Gasteiger partial charge in [0.05, 0.1) is 12.2 Å². The molecule has 0 saturated carbocycles. The van der Waals surface area contributed by atoms with Gasteiger partial charge in [-0.05, 0) is 19.1 Å². The fourth-order valence-electron chi connectivity index (χ4n) is 2.17. The van der Waals surface area contributed by atoms with E-state index in [-0.39, 0.29) is 11.4 Å². The molecule has 0 spiro atoms. The first-order valence-corrected chi connectivity index (χ1v) is 6.00. The van der Waals surface area contributed by atoms with E-state index in [9.17, 15) is 4.39 Å². The van der Waals surface area contributed by atoms with E-state index >= 15 is 0 Å². The Labute approximate surface area is 109 Å². The van der Waals surface area contributed by atoms with Crippen molar-refractivity contribution < 1.29 is 8.81 Å². The Morgan fingerprint density at radius 2 is 2.21 bits per heavy atom. The Hall–Kier alpha value is -2.14. The minimum Gasteiger partial charge on any atom is -0.456 e. The maximum atomic E-state index is 13.6. The molecule has 98 valence electrons. The number of aryl methyl sites for hydroxylation is 1. The number of rotatable bonds is 2. The number of fused-ring (bicyclic) bond motifs is 1. The molecule has 4 nitrogen and oxygen atoms in total. The fraction of sp³-hybridized carbons (Fsp3) is 0.214. The van der Waals surface area contributed by atoms with Crippen LogP contribution in [0.15, 0.2) is 34.9 Å². The van der Waals surface area contributed by atoms with Crippen molar-refractivity contribution in [2.45, 2.75) is 13.0 Å². The first kappa shape index (κ1) is 11.9.